The molecule has 15 nitrogen and oxygen atoms in total. The van der Waals surface area contributed by atoms with Crippen LogP contribution in [0.15, 0.2) is 0 Å². The van der Waals surface area contributed by atoms with Gasteiger partial charge >= 0.3 is 0 Å². The number of nitrogens with zero attached hydrogens (tertiary/aromatic N) is 9. The normalized spacial score (nSPS) is 16.3. The van der Waals surface area contributed by atoms with Gasteiger partial charge in [-0.3, -0.25) is 4.79 Å². The van der Waals surface area contributed by atoms with Crippen molar-refractivity contribution in [2.75, 3.05) is 147 Å². The molecule has 0 radical (unpaired) electrons. The number of fused-ring (bicyclic) bond motifs is 1. The summed E-state index contributed by atoms with van der Waals surface area (Å²) >= 11 is 0. The first kappa shape index (κ1) is 35.7. The summed E-state index contributed by atoms with van der Waals surface area (Å²) in [5.41, 5.74) is 1.39. The van der Waals surface area contributed by atoms with Crippen LogP contribution < -0.4 is 19.6 Å². The summed E-state index contributed by atoms with van der Waals surface area (Å²) in [6.07, 6.45) is 2.81. The van der Waals surface area contributed by atoms with Gasteiger partial charge in [-0.2, -0.15) is 9.97 Å². The van der Waals surface area contributed by atoms with E-state index in [0.29, 0.717) is 95.2 Å². The van der Waals surface area contributed by atoms with Crippen LogP contribution in [0, 0.1) is 0 Å². The molecule has 258 valence electrons. The van der Waals surface area contributed by atoms with Gasteiger partial charge in [-0.05, 0) is 19.3 Å². The van der Waals surface area contributed by atoms with Crippen LogP contribution in [0.3, 0.4) is 0 Å². The molecule has 0 aliphatic carbocycles. The Labute approximate surface area is 273 Å². The Bertz CT molecular complexity index is 1220. The van der Waals surface area contributed by atoms with E-state index in [1.54, 1.807) is 42.5 Å². The molecule has 2 aliphatic heterocycles. The fraction of sp³-hybridized carbons (Fsp3) is 0.774. The van der Waals surface area contributed by atoms with Crippen molar-refractivity contribution in [3.8, 4) is 0 Å². The Morgan fingerprint density at radius 3 is 1.52 bits per heavy atom. The average molecular weight is 648 g/mol. The molecule has 2 fully saturated rings. The standard InChI is InChI=1S/C31H53N9O6/c1-24(41)36-10-7-11-37(15-14-36)28-26-27(33-30(34-28)39(16-20-42-2)17-21-43-3)29(38-12-8-25(46-6)9-13-38)35-31(32-26)40(18-22-44-4)19-23-45-5/h25H,7-23H2,1-6H3. The Morgan fingerprint density at radius 2 is 1.11 bits per heavy atom. The fourth-order valence-electron chi connectivity index (χ4n) is 5.86. The zero-order valence-electron chi connectivity index (χ0n) is 28.6. The second kappa shape index (κ2) is 18.3. The number of anilines is 4. The molecule has 0 unspecified atom stereocenters. The molecule has 2 saturated heterocycles. The highest BCUT2D eigenvalue weighted by Gasteiger charge is 2.29. The lowest BCUT2D eigenvalue weighted by Crippen LogP contribution is -2.39. The van der Waals surface area contributed by atoms with Crippen LogP contribution in [0.5, 0.6) is 0 Å². The smallest absolute Gasteiger partial charge is 0.228 e. The minimum Gasteiger partial charge on any atom is -0.383 e. The largest absolute Gasteiger partial charge is 0.383 e. The zero-order chi connectivity index (χ0) is 32.9. The van der Waals surface area contributed by atoms with E-state index in [1.807, 2.05) is 4.90 Å². The van der Waals surface area contributed by atoms with Crippen molar-refractivity contribution in [1.29, 1.82) is 0 Å². The van der Waals surface area contributed by atoms with Crippen molar-refractivity contribution in [2.24, 2.45) is 0 Å². The first-order valence-electron chi connectivity index (χ1n) is 16.3. The molecule has 0 atom stereocenters. The van der Waals surface area contributed by atoms with Gasteiger partial charge in [0.2, 0.25) is 17.8 Å². The maximum absolute atomic E-state index is 12.3. The van der Waals surface area contributed by atoms with Gasteiger partial charge in [0, 0.05) is 108 Å². The van der Waals surface area contributed by atoms with E-state index in [-0.39, 0.29) is 12.0 Å². The zero-order valence-corrected chi connectivity index (χ0v) is 28.6. The SMILES string of the molecule is COCCN(CCOC)c1nc(N2CCCN(C(C)=O)CC2)c2nc(N(CCOC)CCOC)nc(N3CCC(OC)CC3)c2n1. The molecule has 0 aromatic carbocycles. The van der Waals surface area contributed by atoms with E-state index in [0.717, 1.165) is 50.5 Å². The van der Waals surface area contributed by atoms with Crippen LogP contribution in [0.4, 0.5) is 23.5 Å². The molecule has 4 heterocycles. The number of methoxy groups -OCH3 is 5. The van der Waals surface area contributed by atoms with Gasteiger partial charge in [0.25, 0.3) is 0 Å². The molecule has 0 N–H and O–H groups in total. The summed E-state index contributed by atoms with van der Waals surface area (Å²) in [6, 6.07) is 0. The lowest BCUT2D eigenvalue weighted by atomic mass is 10.1. The molecule has 1 amide bonds. The van der Waals surface area contributed by atoms with Gasteiger partial charge in [0.1, 0.15) is 11.0 Å². The molecule has 0 saturated carbocycles. The van der Waals surface area contributed by atoms with E-state index in [4.69, 9.17) is 43.6 Å². The van der Waals surface area contributed by atoms with Crippen molar-refractivity contribution in [2.45, 2.75) is 32.3 Å². The number of amides is 1. The van der Waals surface area contributed by atoms with Crippen LogP contribution in [0.25, 0.3) is 11.0 Å². The average Bonchev–Trinajstić information content (AvgIpc) is 3.34. The number of piperidine rings is 1. The third kappa shape index (κ3) is 9.25. The van der Waals surface area contributed by atoms with E-state index in [9.17, 15) is 4.79 Å². The van der Waals surface area contributed by atoms with Crippen LogP contribution in [-0.4, -0.2) is 164 Å². The number of carbonyl (C=O) groups is 1. The number of rotatable bonds is 17. The quantitative estimate of drug-likeness (QED) is 0.244. The molecular weight excluding hydrogens is 594 g/mol. The third-order valence-electron chi connectivity index (χ3n) is 8.63. The molecule has 46 heavy (non-hydrogen) atoms. The lowest BCUT2D eigenvalue weighted by Gasteiger charge is -2.34. The number of hydrogen-bond donors (Lipinski definition) is 0. The van der Waals surface area contributed by atoms with Crippen molar-refractivity contribution in [3.63, 3.8) is 0 Å². The summed E-state index contributed by atoms with van der Waals surface area (Å²) in [5.74, 6) is 2.75. The van der Waals surface area contributed by atoms with Crippen molar-refractivity contribution in [1.82, 2.24) is 24.8 Å². The van der Waals surface area contributed by atoms with Gasteiger partial charge in [-0.25, -0.2) is 9.97 Å². The van der Waals surface area contributed by atoms with Gasteiger partial charge in [0.15, 0.2) is 11.6 Å². The lowest BCUT2D eigenvalue weighted by molar-refractivity contribution is -0.128. The summed E-state index contributed by atoms with van der Waals surface area (Å²) in [4.78, 5) is 43.7. The predicted molar refractivity (Wildman–Crippen MR) is 178 cm³/mol. The molecule has 2 aliphatic rings. The molecular formula is C31H53N9O6. The van der Waals surface area contributed by atoms with Crippen LogP contribution in [0.1, 0.15) is 26.2 Å². The molecule has 2 aromatic rings. The van der Waals surface area contributed by atoms with Gasteiger partial charge in [0.05, 0.1) is 32.5 Å². The van der Waals surface area contributed by atoms with Crippen LogP contribution >= 0.6 is 0 Å². The summed E-state index contributed by atoms with van der Waals surface area (Å²) in [6.45, 7) is 10.3. The maximum atomic E-state index is 12.3. The van der Waals surface area contributed by atoms with Crippen molar-refractivity contribution < 1.29 is 28.5 Å². The third-order valence-corrected chi connectivity index (χ3v) is 8.63. The molecule has 0 spiro atoms. The van der Waals surface area contributed by atoms with E-state index >= 15 is 0 Å². The Hall–Kier alpha value is -3.11. The minimum atomic E-state index is 0.0821. The Kier molecular flexibility index (Phi) is 14.2. The monoisotopic (exact) mass is 647 g/mol. The molecule has 2 aromatic heterocycles. The molecule has 4 rings (SSSR count). The minimum absolute atomic E-state index is 0.0821. The number of carbonyl (C=O) groups excluding carboxylic acids is 1. The highest BCUT2D eigenvalue weighted by atomic mass is 16.5. The highest BCUT2D eigenvalue weighted by molar-refractivity contribution is 5.95. The number of hydrogen-bond acceptors (Lipinski definition) is 14. The Balaban J connectivity index is 1.92. The maximum Gasteiger partial charge on any atom is 0.228 e. The summed E-state index contributed by atoms with van der Waals surface area (Å²) < 4.78 is 27.5. The molecule has 15 heteroatoms. The summed E-state index contributed by atoms with van der Waals surface area (Å²) in [5, 5.41) is 0. The van der Waals surface area contributed by atoms with E-state index in [1.165, 1.54) is 0 Å². The van der Waals surface area contributed by atoms with Crippen molar-refractivity contribution >= 4 is 40.5 Å². The Morgan fingerprint density at radius 1 is 0.652 bits per heavy atom. The first-order valence-corrected chi connectivity index (χ1v) is 16.3. The first-order chi connectivity index (χ1) is 22.4. The van der Waals surface area contributed by atoms with Gasteiger partial charge in [-0.1, -0.05) is 0 Å². The van der Waals surface area contributed by atoms with E-state index in [2.05, 4.69) is 19.6 Å². The van der Waals surface area contributed by atoms with Crippen LogP contribution in [0.2, 0.25) is 0 Å². The highest BCUT2D eigenvalue weighted by Crippen LogP contribution is 2.34. The number of aromatic nitrogens is 4. The second-order valence-electron chi connectivity index (χ2n) is 11.6. The molecule has 0 bridgehead atoms. The van der Waals surface area contributed by atoms with Gasteiger partial charge < -0.3 is 48.2 Å². The van der Waals surface area contributed by atoms with Crippen molar-refractivity contribution in [3.05, 3.63) is 0 Å². The predicted octanol–water partition coefficient (Wildman–Crippen LogP) is 1.29. The van der Waals surface area contributed by atoms with E-state index < -0.39 is 0 Å². The number of ether oxygens (including phenoxy) is 5. The summed E-state index contributed by atoms with van der Waals surface area (Å²) in [7, 11) is 8.54. The fourth-order valence-corrected chi connectivity index (χ4v) is 5.86. The van der Waals surface area contributed by atoms with Crippen LogP contribution in [-0.2, 0) is 28.5 Å². The topological polar surface area (TPSA) is 131 Å². The van der Waals surface area contributed by atoms with Gasteiger partial charge in [-0.15, -0.1) is 0 Å². The second-order valence-corrected chi connectivity index (χ2v) is 11.6.